The van der Waals surface area contributed by atoms with Crippen LogP contribution in [0.4, 0.5) is 0 Å². The second-order valence-corrected chi connectivity index (χ2v) is 3.42. The molecule has 0 unspecified atom stereocenters. The van der Waals surface area contributed by atoms with Crippen molar-refractivity contribution in [2.24, 2.45) is 11.8 Å². The fourth-order valence-electron chi connectivity index (χ4n) is 0.770. The molecule has 0 fully saturated rings. The van der Waals surface area contributed by atoms with Crippen molar-refractivity contribution in [2.45, 2.75) is 33.8 Å². The van der Waals surface area contributed by atoms with Crippen LogP contribution < -0.4 is 0 Å². The van der Waals surface area contributed by atoms with Crippen molar-refractivity contribution in [3.63, 3.8) is 0 Å². The monoisotopic (exact) mass is 142 g/mol. The predicted octanol–water partition coefficient (Wildman–Crippen LogP) is 2.22. The predicted molar refractivity (Wildman–Crippen MR) is 44.8 cm³/mol. The first kappa shape index (κ1) is 9.70. The molecule has 10 heavy (non-hydrogen) atoms. The zero-order valence-corrected chi connectivity index (χ0v) is 7.39. The number of hydrogen-bond donors (Lipinski definition) is 1. The number of hydrogen-bond acceptors (Lipinski definition) is 1. The smallest absolute Gasteiger partial charge is 0.0772 e. The van der Waals surface area contributed by atoms with Crippen molar-refractivity contribution in [1.82, 2.24) is 0 Å². The third-order valence-corrected chi connectivity index (χ3v) is 1.75. The molecule has 0 bridgehead atoms. The van der Waals surface area contributed by atoms with Crippen LogP contribution in [0.25, 0.3) is 0 Å². The van der Waals surface area contributed by atoms with Gasteiger partial charge in [0.2, 0.25) is 0 Å². The Balaban J connectivity index is 3.95. The minimum absolute atomic E-state index is 0.287. The quantitative estimate of drug-likeness (QED) is 0.599. The first-order valence-electron chi connectivity index (χ1n) is 3.83. The van der Waals surface area contributed by atoms with Crippen LogP contribution in [-0.2, 0) is 0 Å². The van der Waals surface area contributed by atoms with Crippen LogP contribution in [-0.4, -0.2) is 11.2 Å². The summed E-state index contributed by atoms with van der Waals surface area (Å²) in [4.78, 5) is 0. The van der Waals surface area contributed by atoms with Gasteiger partial charge in [-0.25, -0.2) is 0 Å². The molecule has 0 aromatic carbocycles. The molecule has 0 aliphatic rings. The Morgan fingerprint density at radius 2 is 1.60 bits per heavy atom. The van der Waals surface area contributed by atoms with Crippen molar-refractivity contribution < 1.29 is 5.11 Å². The molecule has 0 radical (unpaired) electrons. The molecule has 0 amide bonds. The summed E-state index contributed by atoms with van der Waals surface area (Å²) in [5, 5.41) is 9.47. The normalized spacial score (nSPS) is 14.3. The fraction of sp³-hybridized carbons (Fsp3) is 0.778. The molecular formula is C9H18O. The van der Waals surface area contributed by atoms with Gasteiger partial charge in [0, 0.05) is 0 Å². The highest BCUT2D eigenvalue weighted by atomic mass is 16.3. The topological polar surface area (TPSA) is 20.2 Å². The van der Waals surface area contributed by atoms with E-state index in [4.69, 9.17) is 0 Å². The molecule has 0 heterocycles. The van der Waals surface area contributed by atoms with Crippen LogP contribution in [0.5, 0.6) is 0 Å². The molecule has 0 aliphatic carbocycles. The maximum Gasteiger partial charge on any atom is 0.0772 e. The summed E-state index contributed by atoms with van der Waals surface area (Å²) in [5.41, 5.74) is 0.940. The molecule has 0 aromatic rings. The van der Waals surface area contributed by atoms with E-state index in [9.17, 15) is 5.11 Å². The standard InChI is InChI=1S/C9H18O/c1-6(2)8(5)9(10)7(3)4/h6-7,9-10H,5H2,1-4H3/t9-/m0/s1. The van der Waals surface area contributed by atoms with E-state index in [1.54, 1.807) is 0 Å². The lowest BCUT2D eigenvalue weighted by atomic mass is 9.92. The summed E-state index contributed by atoms with van der Waals surface area (Å²) in [5.74, 6) is 0.673. The third kappa shape index (κ3) is 2.53. The second kappa shape index (κ2) is 3.77. The van der Waals surface area contributed by atoms with Crippen molar-refractivity contribution >= 4 is 0 Å². The van der Waals surface area contributed by atoms with Crippen LogP contribution in [0, 0.1) is 11.8 Å². The highest BCUT2D eigenvalue weighted by Gasteiger charge is 2.14. The van der Waals surface area contributed by atoms with E-state index in [1.807, 2.05) is 27.7 Å². The Kier molecular flexibility index (Phi) is 3.66. The number of aliphatic hydroxyl groups is 1. The highest BCUT2D eigenvalue weighted by Crippen LogP contribution is 2.17. The Bertz CT molecular complexity index is 114. The lowest BCUT2D eigenvalue weighted by Gasteiger charge is -2.19. The first-order valence-corrected chi connectivity index (χ1v) is 3.83. The van der Waals surface area contributed by atoms with Crippen molar-refractivity contribution in [3.05, 3.63) is 12.2 Å². The number of aliphatic hydroxyl groups excluding tert-OH is 1. The molecule has 1 N–H and O–H groups in total. The maximum absolute atomic E-state index is 9.47. The number of rotatable bonds is 3. The maximum atomic E-state index is 9.47. The summed E-state index contributed by atoms with van der Waals surface area (Å²) in [6.45, 7) is 11.9. The van der Waals surface area contributed by atoms with Gasteiger partial charge in [-0.2, -0.15) is 0 Å². The van der Waals surface area contributed by atoms with Gasteiger partial charge in [-0.15, -0.1) is 0 Å². The van der Waals surface area contributed by atoms with Gasteiger partial charge in [0.1, 0.15) is 0 Å². The summed E-state index contributed by atoms with van der Waals surface area (Å²) < 4.78 is 0. The van der Waals surface area contributed by atoms with Crippen LogP contribution >= 0.6 is 0 Å². The molecule has 0 spiro atoms. The summed E-state index contributed by atoms with van der Waals surface area (Å²) in [6.07, 6.45) is -0.333. The Hall–Kier alpha value is -0.300. The third-order valence-electron chi connectivity index (χ3n) is 1.75. The summed E-state index contributed by atoms with van der Waals surface area (Å²) in [7, 11) is 0. The van der Waals surface area contributed by atoms with E-state index < -0.39 is 0 Å². The molecule has 1 atom stereocenters. The van der Waals surface area contributed by atoms with Gasteiger partial charge in [0.15, 0.2) is 0 Å². The van der Waals surface area contributed by atoms with Gasteiger partial charge >= 0.3 is 0 Å². The molecule has 0 rings (SSSR count). The summed E-state index contributed by atoms with van der Waals surface area (Å²) >= 11 is 0. The Morgan fingerprint density at radius 3 is 1.70 bits per heavy atom. The molecule has 60 valence electrons. The average Bonchev–Trinajstić information content (AvgIpc) is 1.84. The van der Waals surface area contributed by atoms with Crippen LogP contribution in [0.2, 0.25) is 0 Å². The first-order chi connectivity index (χ1) is 4.46. The zero-order valence-electron chi connectivity index (χ0n) is 7.39. The van der Waals surface area contributed by atoms with E-state index in [1.165, 1.54) is 0 Å². The minimum atomic E-state index is -0.333. The van der Waals surface area contributed by atoms with Gasteiger partial charge in [0.25, 0.3) is 0 Å². The van der Waals surface area contributed by atoms with Crippen molar-refractivity contribution in [1.29, 1.82) is 0 Å². The fourth-order valence-corrected chi connectivity index (χ4v) is 0.770. The SMILES string of the molecule is C=C(C(C)C)[C@@H](O)C(C)C. The van der Waals surface area contributed by atoms with E-state index in [-0.39, 0.29) is 12.0 Å². The molecule has 0 aliphatic heterocycles. The highest BCUT2D eigenvalue weighted by molar-refractivity contribution is 5.05. The molecule has 0 aromatic heterocycles. The summed E-state index contributed by atoms with van der Waals surface area (Å²) in [6, 6.07) is 0. The minimum Gasteiger partial charge on any atom is -0.388 e. The van der Waals surface area contributed by atoms with E-state index in [2.05, 4.69) is 6.58 Å². The molecule has 0 saturated carbocycles. The zero-order chi connectivity index (χ0) is 8.31. The molecule has 1 nitrogen and oxygen atoms in total. The van der Waals surface area contributed by atoms with Gasteiger partial charge in [-0.1, -0.05) is 34.3 Å². The Labute approximate surface area is 63.8 Å². The lowest BCUT2D eigenvalue weighted by Crippen LogP contribution is -2.19. The van der Waals surface area contributed by atoms with Crippen molar-refractivity contribution in [2.75, 3.05) is 0 Å². The van der Waals surface area contributed by atoms with Gasteiger partial charge in [-0.05, 0) is 17.4 Å². The van der Waals surface area contributed by atoms with E-state index in [0.717, 1.165) is 5.57 Å². The Morgan fingerprint density at radius 1 is 1.20 bits per heavy atom. The average molecular weight is 142 g/mol. The van der Waals surface area contributed by atoms with Crippen LogP contribution in [0.3, 0.4) is 0 Å². The van der Waals surface area contributed by atoms with E-state index in [0.29, 0.717) is 5.92 Å². The molecular weight excluding hydrogens is 124 g/mol. The van der Waals surface area contributed by atoms with Gasteiger partial charge < -0.3 is 5.11 Å². The van der Waals surface area contributed by atoms with Gasteiger partial charge in [-0.3, -0.25) is 0 Å². The van der Waals surface area contributed by atoms with Crippen LogP contribution in [0.15, 0.2) is 12.2 Å². The second-order valence-electron chi connectivity index (χ2n) is 3.42. The molecule has 1 heteroatoms. The lowest BCUT2D eigenvalue weighted by molar-refractivity contribution is 0.151. The van der Waals surface area contributed by atoms with E-state index >= 15 is 0 Å². The largest absolute Gasteiger partial charge is 0.388 e. The van der Waals surface area contributed by atoms with Gasteiger partial charge in [0.05, 0.1) is 6.10 Å². The van der Waals surface area contributed by atoms with Crippen LogP contribution in [0.1, 0.15) is 27.7 Å². The van der Waals surface area contributed by atoms with Crippen molar-refractivity contribution in [3.8, 4) is 0 Å². The molecule has 0 saturated heterocycles.